The highest BCUT2D eigenvalue weighted by molar-refractivity contribution is 5.56. The Kier molecular flexibility index (Phi) is 6.06. The number of aromatic nitrogens is 3. The molecule has 8 nitrogen and oxygen atoms in total. The maximum absolute atomic E-state index is 13.5. The summed E-state index contributed by atoms with van der Waals surface area (Å²) >= 11 is 0. The number of hydrogen-bond donors (Lipinski definition) is 1. The number of hydrogen-bond acceptors (Lipinski definition) is 7. The van der Waals surface area contributed by atoms with E-state index in [9.17, 15) is 14.8 Å². The van der Waals surface area contributed by atoms with Crippen LogP contribution in [0.25, 0.3) is 5.69 Å². The van der Waals surface area contributed by atoms with E-state index in [0.717, 1.165) is 17.5 Å². The number of aliphatic hydroxyl groups excluding tert-OH is 1. The number of halogens is 1. The molecule has 1 N–H and O–H groups in total. The third kappa shape index (κ3) is 4.67. The average Bonchev–Trinajstić information content (AvgIpc) is 3.35. The highest BCUT2D eigenvalue weighted by atomic mass is 19.1. The second kappa shape index (κ2) is 8.81. The molecule has 0 saturated heterocycles. The van der Waals surface area contributed by atoms with Crippen LogP contribution in [0.4, 0.5) is 4.39 Å². The Morgan fingerprint density at radius 1 is 1.27 bits per heavy atom. The first kappa shape index (κ1) is 22.7. The Morgan fingerprint density at radius 3 is 2.70 bits per heavy atom. The highest BCUT2D eigenvalue weighted by Crippen LogP contribution is 2.41. The first-order chi connectivity index (χ1) is 15.7. The number of pyridine rings is 1. The van der Waals surface area contributed by atoms with Crippen LogP contribution in [-0.2, 0) is 13.1 Å². The number of methoxy groups -OCH3 is 1. The number of fused-ring (bicyclic) bond motifs is 1. The molecule has 0 spiro atoms. The van der Waals surface area contributed by atoms with E-state index in [1.807, 2.05) is 4.90 Å². The van der Waals surface area contributed by atoms with Crippen LogP contribution in [0, 0.1) is 22.6 Å². The molecule has 0 aliphatic carbocycles. The molecule has 172 valence electrons. The Labute approximate surface area is 191 Å². The van der Waals surface area contributed by atoms with Gasteiger partial charge in [0.1, 0.15) is 29.6 Å². The van der Waals surface area contributed by atoms with Crippen LogP contribution in [0.15, 0.2) is 36.8 Å². The van der Waals surface area contributed by atoms with Gasteiger partial charge in [0.05, 0.1) is 48.6 Å². The van der Waals surface area contributed by atoms with Gasteiger partial charge in [-0.25, -0.2) is 9.07 Å². The van der Waals surface area contributed by atoms with Gasteiger partial charge in [0.15, 0.2) is 0 Å². The zero-order valence-corrected chi connectivity index (χ0v) is 19.0. The predicted octanol–water partition coefficient (Wildman–Crippen LogP) is 3.72. The molecule has 0 amide bonds. The smallest absolute Gasteiger partial charge is 0.147 e. The minimum atomic E-state index is -1.08. The third-order valence-corrected chi connectivity index (χ3v) is 5.30. The lowest BCUT2D eigenvalue weighted by atomic mass is 9.98. The molecular weight excluding hydrogens is 425 g/mol. The molecular formula is C24H26FN5O3. The van der Waals surface area contributed by atoms with Crippen molar-refractivity contribution in [3.63, 3.8) is 0 Å². The number of nitrogens with zero attached hydrogens (tertiary/aromatic N) is 5. The van der Waals surface area contributed by atoms with Crippen LogP contribution < -0.4 is 9.47 Å². The fourth-order valence-corrected chi connectivity index (χ4v) is 3.75. The van der Waals surface area contributed by atoms with Crippen molar-refractivity contribution in [3.8, 4) is 23.3 Å². The summed E-state index contributed by atoms with van der Waals surface area (Å²) in [5.41, 5.74) is 2.83. The molecule has 33 heavy (non-hydrogen) atoms. The monoisotopic (exact) mass is 451 g/mol. The lowest BCUT2D eigenvalue weighted by molar-refractivity contribution is -0.00674. The molecule has 0 fully saturated rings. The van der Waals surface area contributed by atoms with Crippen LogP contribution in [0.3, 0.4) is 0 Å². The number of nitriles is 1. The van der Waals surface area contributed by atoms with E-state index in [1.54, 1.807) is 23.0 Å². The van der Waals surface area contributed by atoms with Crippen LogP contribution in [0.1, 0.15) is 49.4 Å². The summed E-state index contributed by atoms with van der Waals surface area (Å²) in [6.07, 6.45) is 3.40. The lowest BCUT2D eigenvalue weighted by Gasteiger charge is -2.28. The third-order valence-electron chi connectivity index (χ3n) is 5.30. The van der Waals surface area contributed by atoms with Gasteiger partial charge in [-0.15, -0.1) is 0 Å². The second-order valence-electron chi connectivity index (χ2n) is 9.20. The zero-order valence-electron chi connectivity index (χ0n) is 19.0. The molecule has 1 aromatic carbocycles. The summed E-state index contributed by atoms with van der Waals surface area (Å²) in [5, 5.41) is 25.4. The summed E-state index contributed by atoms with van der Waals surface area (Å²) in [5.74, 6) is 0.318. The van der Waals surface area contributed by atoms with Crippen molar-refractivity contribution in [2.24, 2.45) is 5.41 Å². The zero-order chi connectivity index (χ0) is 23.8. The number of rotatable bonds is 6. The van der Waals surface area contributed by atoms with E-state index in [-0.39, 0.29) is 11.2 Å². The number of benzene rings is 1. The van der Waals surface area contributed by atoms with Gasteiger partial charge in [0, 0.05) is 30.9 Å². The van der Waals surface area contributed by atoms with Gasteiger partial charge in [-0.3, -0.25) is 9.88 Å². The quantitative estimate of drug-likeness (QED) is 0.610. The van der Waals surface area contributed by atoms with Gasteiger partial charge in [0.2, 0.25) is 0 Å². The topological polar surface area (TPSA) is 96.4 Å². The van der Waals surface area contributed by atoms with Crippen molar-refractivity contribution in [2.45, 2.75) is 40.1 Å². The Bertz CT molecular complexity index is 1190. The molecule has 9 heteroatoms. The SMILES string of the molecule is COc1c(C#N)ccc(OCC(C)(C)C)c1C(O)N1Cc2cn(-c3cncc(F)c3)nc2C1. The van der Waals surface area contributed by atoms with Crippen LogP contribution in [0.2, 0.25) is 0 Å². The van der Waals surface area contributed by atoms with Gasteiger partial charge in [-0.05, 0) is 17.5 Å². The first-order valence-corrected chi connectivity index (χ1v) is 10.5. The van der Waals surface area contributed by atoms with E-state index in [4.69, 9.17) is 9.47 Å². The van der Waals surface area contributed by atoms with Crippen molar-refractivity contribution in [2.75, 3.05) is 13.7 Å². The fraction of sp³-hybridized carbons (Fsp3) is 0.375. The molecule has 3 heterocycles. The van der Waals surface area contributed by atoms with Crippen molar-refractivity contribution >= 4 is 0 Å². The Morgan fingerprint density at radius 2 is 2.06 bits per heavy atom. The molecule has 0 radical (unpaired) electrons. The maximum atomic E-state index is 13.5. The van der Waals surface area contributed by atoms with Gasteiger partial charge >= 0.3 is 0 Å². The minimum Gasteiger partial charge on any atom is -0.495 e. The molecule has 1 aliphatic heterocycles. The summed E-state index contributed by atoms with van der Waals surface area (Å²) in [6.45, 7) is 7.36. The van der Waals surface area contributed by atoms with Gasteiger partial charge < -0.3 is 14.6 Å². The van der Waals surface area contributed by atoms with Crippen molar-refractivity contribution in [3.05, 3.63) is 65.0 Å². The van der Waals surface area contributed by atoms with Crippen LogP contribution >= 0.6 is 0 Å². The summed E-state index contributed by atoms with van der Waals surface area (Å²) in [6, 6.07) is 6.79. The van der Waals surface area contributed by atoms with Crippen molar-refractivity contribution < 1.29 is 19.0 Å². The fourth-order valence-electron chi connectivity index (χ4n) is 3.75. The van der Waals surface area contributed by atoms with E-state index in [0.29, 0.717) is 42.3 Å². The van der Waals surface area contributed by atoms with E-state index in [1.165, 1.54) is 19.4 Å². The van der Waals surface area contributed by atoms with Crippen molar-refractivity contribution in [1.82, 2.24) is 19.7 Å². The number of ether oxygens (including phenoxy) is 2. The summed E-state index contributed by atoms with van der Waals surface area (Å²) in [7, 11) is 1.47. The van der Waals surface area contributed by atoms with E-state index < -0.39 is 12.0 Å². The summed E-state index contributed by atoms with van der Waals surface area (Å²) in [4.78, 5) is 5.68. The van der Waals surface area contributed by atoms with Gasteiger partial charge in [0.25, 0.3) is 0 Å². The molecule has 1 aliphatic rings. The second-order valence-corrected chi connectivity index (χ2v) is 9.20. The molecule has 2 aromatic heterocycles. The normalized spacial score (nSPS) is 14.6. The largest absolute Gasteiger partial charge is 0.495 e. The maximum Gasteiger partial charge on any atom is 0.147 e. The predicted molar refractivity (Wildman–Crippen MR) is 118 cm³/mol. The minimum absolute atomic E-state index is 0.0944. The molecule has 0 saturated carbocycles. The standard InChI is InChI=1S/C24H26FN5O3/c1-24(2,3)14-33-20-6-5-15(8-26)22(32-4)21(20)23(31)29-11-16-12-30(28-19(16)13-29)18-7-17(25)9-27-10-18/h5-7,9-10,12,23,31H,11,13-14H2,1-4H3. The molecule has 0 bridgehead atoms. The van der Waals surface area contributed by atoms with E-state index >= 15 is 0 Å². The van der Waals surface area contributed by atoms with Crippen molar-refractivity contribution in [1.29, 1.82) is 5.26 Å². The molecule has 1 atom stereocenters. The number of aliphatic hydroxyl groups is 1. The molecule has 4 rings (SSSR count). The van der Waals surface area contributed by atoms with Gasteiger partial charge in [-0.1, -0.05) is 20.8 Å². The first-order valence-electron chi connectivity index (χ1n) is 10.5. The average molecular weight is 452 g/mol. The summed E-state index contributed by atoms with van der Waals surface area (Å²) < 4.78 is 26.7. The van der Waals surface area contributed by atoms with Gasteiger partial charge in [-0.2, -0.15) is 10.4 Å². The Hall–Kier alpha value is -3.48. The molecule has 1 unspecified atom stereocenters. The van der Waals surface area contributed by atoms with E-state index in [2.05, 4.69) is 36.9 Å². The Balaban J connectivity index is 1.62. The highest BCUT2D eigenvalue weighted by Gasteiger charge is 2.33. The molecule has 3 aromatic rings. The van der Waals surface area contributed by atoms with Crippen LogP contribution in [-0.4, -0.2) is 38.5 Å². The lowest BCUT2D eigenvalue weighted by Crippen LogP contribution is -2.26. The van der Waals surface area contributed by atoms with Crippen LogP contribution in [0.5, 0.6) is 11.5 Å².